The maximum Gasteiger partial charge on any atom is 0.0701 e. The predicted molar refractivity (Wildman–Crippen MR) is 90.5 cm³/mol. The molecule has 0 bridgehead atoms. The van der Waals surface area contributed by atoms with Crippen molar-refractivity contribution < 1.29 is 18.9 Å². The van der Waals surface area contributed by atoms with Gasteiger partial charge in [-0.1, -0.05) is 39.0 Å². The molecule has 4 nitrogen and oxygen atoms in total. The van der Waals surface area contributed by atoms with E-state index in [2.05, 4.69) is 19.6 Å². The highest BCUT2D eigenvalue weighted by Crippen LogP contribution is 2.04. The van der Waals surface area contributed by atoms with Gasteiger partial charge in [0.25, 0.3) is 0 Å². The van der Waals surface area contributed by atoms with Gasteiger partial charge >= 0.3 is 0 Å². The Balaban J connectivity index is 2.90. The van der Waals surface area contributed by atoms with Gasteiger partial charge in [-0.15, -0.1) is 0 Å². The number of ether oxygens (including phenoxy) is 4. The van der Waals surface area contributed by atoms with Gasteiger partial charge in [-0.25, -0.2) is 0 Å². The zero-order chi connectivity index (χ0) is 15.4. The monoisotopic (exact) mass is 322 g/mol. The molecule has 0 rings (SSSR count). The maximum absolute atomic E-state index is 5.52. The molecule has 0 saturated carbocycles. The Morgan fingerprint density at radius 1 is 0.524 bits per heavy atom. The van der Waals surface area contributed by atoms with Crippen molar-refractivity contribution in [2.24, 2.45) is 0 Å². The molecule has 0 aliphatic heterocycles. The molecular weight excluding hydrogens is 288 g/mol. The van der Waals surface area contributed by atoms with Gasteiger partial charge in [-0.05, 0) is 6.42 Å². The zero-order valence-electron chi connectivity index (χ0n) is 13.7. The molecule has 5 heteroatoms. The van der Waals surface area contributed by atoms with E-state index < -0.39 is 0 Å². The maximum atomic E-state index is 5.52. The lowest BCUT2D eigenvalue weighted by atomic mass is 10.1. The van der Waals surface area contributed by atoms with Gasteiger partial charge in [-0.2, -0.15) is 12.6 Å². The van der Waals surface area contributed by atoms with Gasteiger partial charge in [0.15, 0.2) is 0 Å². The summed E-state index contributed by atoms with van der Waals surface area (Å²) in [4.78, 5) is 0. The average Bonchev–Trinajstić information content (AvgIpc) is 2.50. The average molecular weight is 323 g/mol. The van der Waals surface area contributed by atoms with Crippen LogP contribution in [0.4, 0.5) is 0 Å². The van der Waals surface area contributed by atoms with Crippen molar-refractivity contribution in [3.8, 4) is 0 Å². The van der Waals surface area contributed by atoms with E-state index in [1.54, 1.807) is 0 Å². The van der Waals surface area contributed by atoms with Gasteiger partial charge < -0.3 is 18.9 Å². The summed E-state index contributed by atoms with van der Waals surface area (Å²) in [6.45, 7) is 7.58. The van der Waals surface area contributed by atoms with Crippen LogP contribution in [-0.2, 0) is 18.9 Å². The van der Waals surface area contributed by atoms with E-state index in [1.165, 1.54) is 38.5 Å². The largest absolute Gasteiger partial charge is 0.379 e. The summed E-state index contributed by atoms with van der Waals surface area (Å²) in [6, 6.07) is 0. The Bertz CT molecular complexity index is 164. The highest BCUT2D eigenvalue weighted by molar-refractivity contribution is 7.80. The fourth-order valence-electron chi connectivity index (χ4n) is 1.81. The SMILES string of the molecule is CCCCCCCCOCCOCCOCCOCCS. The second-order valence-electron chi connectivity index (χ2n) is 4.94. The molecular formula is C16H34O4S. The van der Waals surface area contributed by atoms with Gasteiger partial charge in [-0.3, -0.25) is 0 Å². The van der Waals surface area contributed by atoms with Crippen LogP contribution in [0, 0.1) is 0 Å². The van der Waals surface area contributed by atoms with E-state index in [1.807, 2.05) is 0 Å². The first-order chi connectivity index (χ1) is 10.4. The fourth-order valence-corrected chi connectivity index (χ4v) is 1.94. The summed E-state index contributed by atoms with van der Waals surface area (Å²) in [5.74, 6) is 0.752. The van der Waals surface area contributed by atoms with Gasteiger partial charge in [0.1, 0.15) is 0 Å². The minimum atomic E-state index is 0.613. The van der Waals surface area contributed by atoms with Crippen LogP contribution in [0.3, 0.4) is 0 Å². The summed E-state index contributed by atoms with van der Waals surface area (Å²) in [6.07, 6.45) is 7.81. The van der Waals surface area contributed by atoms with Crippen molar-refractivity contribution in [3.05, 3.63) is 0 Å². The van der Waals surface area contributed by atoms with Crippen LogP contribution in [0.1, 0.15) is 45.4 Å². The molecule has 0 fully saturated rings. The van der Waals surface area contributed by atoms with Crippen molar-refractivity contribution >= 4 is 12.6 Å². The normalized spacial score (nSPS) is 11.1. The van der Waals surface area contributed by atoms with Crippen LogP contribution in [0.25, 0.3) is 0 Å². The molecule has 0 aliphatic rings. The molecule has 0 atom stereocenters. The van der Waals surface area contributed by atoms with Crippen LogP contribution < -0.4 is 0 Å². The smallest absolute Gasteiger partial charge is 0.0701 e. The standard InChI is InChI=1S/C16H34O4S/c1-2-3-4-5-6-7-8-17-9-10-18-11-12-19-13-14-20-15-16-21/h21H,2-16H2,1H3. The predicted octanol–water partition coefficient (Wildman–Crippen LogP) is 3.34. The second kappa shape index (κ2) is 20.2. The fraction of sp³-hybridized carbons (Fsp3) is 1.00. The van der Waals surface area contributed by atoms with E-state index in [4.69, 9.17) is 18.9 Å². The van der Waals surface area contributed by atoms with Crippen molar-refractivity contribution in [3.63, 3.8) is 0 Å². The molecule has 0 radical (unpaired) electrons. The molecule has 0 amide bonds. The molecule has 0 spiro atoms. The highest BCUT2D eigenvalue weighted by Gasteiger charge is 1.93. The third-order valence-electron chi connectivity index (χ3n) is 2.99. The van der Waals surface area contributed by atoms with Gasteiger partial charge in [0, 0.05) is 12.4 Å². The van der Waals surface area contributed by atoms with E-state index in [9.17, 15) is 0 Å². The van der Waals surface area contributed by atoms with Crippen LogP contribution >= 0.6 is 12.6 Å². The number of hydrogen-bond acceptors (Lipinski definition) is 5. The molecule has 21 heavy (non-hydrogen) atoms. The summed E-state index contributed by atoms with van der Waals surface area (Å²) < 4.78 is 21.5. The van der Waals surface area contributed by atoms with Crippen molar-refractivity contribution in [2.75, 3.05) is 58.6 Å². The van der Waals surface area contributed by atoms with Gasteiger partial charge in [0.2, 0.25) is 0 Å². The summed E-state index contributed by atoms with van der Waals surface area (Å²) in [5.41, 5.74) is 0. The number of hydrogen-bond donors (Lipinski definition) is 1. The van der Waals surface area contributed by atoms with Crippen molar-refractivity contribution in [1.82, 2.24) is 0 Å². The second-order valence-corrected chi connectivity index (χ2v) is 5.39. The third kappa shape index (κ3) is 20.2. The Kier molecular flexibility index (Phi) is 20.4. The van der Waals surface area contributed by atoms with E-state index in [-0.39, 0.29) is 0 Å². The Morgan fingerprint density at radius 2 is 0.952 bits per heavy atom. The molecule has 0 aliphatic carbocycles. The van der Waals surface area contributed by atoms with Gasteiger partial charge in [0.05, 0.1) is 46.2 Å². The summed E-state index contributed by atoms with van der Waals surface area (Å²) >= 11 is 4.05. The minimum absolute atomic E-state index is 0.613. The first kappa shape index (κ1) is 21.2. The molecule has 0 aromatic carbocycles. The number of unbranched alkanes of at least 4 members (excludes halogenated alkanes) is 5. The molecule has 0 aromatic heterocycles. The quantitative estimate of drug-likeness (QED) is 0.310. The van der Waals surface area contributed by atoms with E-state index in [0.717, 1.165) is 12.4 Å². The first-order valence-electron chi connectivity index (χ1n) is 8.33. The Morgan fingerprint density at radius 3 is 1.48 bits per heavy atom. The number of thiol groups is 1. The lowest BCUT2D eigenvalue weighted by Gasteiger charge is -2.07. The summed E-state index contributed by atoms with van der Waals surface area (Å²) in [5, 5.41) is 0. The zero-order valence-corrected chi connectivity index (χ0v) is 14.6. The summed E-state index contributed by atoms with van der Waals surface area (Å²) in [7, 11) is 0. The molecule has 0 unspecified atom stereocenters. The highest BCUT2D eigenvalue weighted by atomic mass is 32.1. The van der Waals surface area contributed by atoms with Crippen LogP contribution in [0.2, 0.25) is 0 Å². The Labute approximate surface area is 136 Å². The molecule has 128 valence electrons. The van der Waals surface area contributed by atoms with Crippen LogP contribution in [-0.4, -0.2) is 58.6 Å². The van der Waals surface area contributed by atoms with Crippen molar-refractivity contribution in [1.29, 1.82) is 0 Å². The number of rotatable bonds is 18. The van der Waals surface area contributed by atoms with Crippen LogP contribution in [0.15, 0.2) is 0 Å². The topological polar surface area (TPSA) is 36.9 Å². The Hall–Kier alpha value is 0.190. The van der Waals surface area contributed by atoms with Crippen molar-refractivity contribution in [2.45, 2.75) is 45.4 Å². The molecule has 0 heterocycles. The lowest BCUT2D eigenvalue weighted by Crippen LogP contribution is -2.12. The first-order valence-corrected chi connectivity index (χ1v) is 8.97. The van der Waals surface area contributed by atoms with Crippen LogP contribution in [0.5, 0.6) is 0 Å². The van der Waals surface area contributed by atoms with E-state index >= 15 is 0 Å². The minimum Gasteiger partial charge on any atom is -0.379 e. The van der Waals surface area contributed by atoms with E-state index in [0.29, 0.717) is 46.2 Å². The molecule has 0 aromatic rings. The lowest BCUT2D eigenvalue weighted by molar-refractivity contribution is -0.000578. The molecule has 0 N–H and O–H groups in total. The third-order valence-corrected chi connectivity index (χ3v) is 3.18. The molecule has 0 saturated heterocycles.